The van der Waals surface area contributed by atoms with Gasteiger partial charge < -0.3 is 269 Å². The lowest BCUT2D eigenvalue weighted by Crippen LogP contribution is -2.71. The highest BCUT2D eigenvalue weighted by molar-refractivity contribution is 5.74. The maximum atomic E-state index is 13.2. The summed E-state index contributed by atoms with van der Waals surface area (Å²) in [7, 11) is 0. The molecule has 0 aromatic carbocycles. The Morgan fingerprint density at radius 1 is 0.281 bits per heavy atom. The minimum atomic E-state index is -2.56. The molecule has 11 rings (SSSR count). The molecule has 0 radical (unpaired) electrons. The smallest absolute Gasteiger partial charge is 0.217 e. The van der Waals surface area contributed by atoms with Crippen LogP contribution in [0.4, 0.5) is 0 Å². The molecular formula is C82H141N3O54. The number of rotatable bonds is 39. The fraction of sp³-hybridized carbons (Fsp3) is 0.963. The number of hydrogen-bond donors (Lipinski definition) is 33. The lowest BCUT2D eigenvalue weighted by molar-refractivity contribution is -0.401. The van der Waals surface area contributed by atoms with E-state index in [1.807, 2.05) is 0 Å². The number of ether oxygens (including phenoxy) is 21. The van der Waals surface area contributed by atoms with E-state index < -0.39 is 445 Å². The van der Waals surface area contributed by atoms with Gasteiger partial charge in [-0.1, -0.05) is 34.6 Å². The van der Waals surface area contributed by atoms with Gasteiger partial charge in [-0.15, -0.1) is 0 Å². The van der Waals surface area contributed by atoms with E-state index >= 15 is 0 Å². The monoisotopic (exact) mass is 2030 g/mol. The van der Waals surface area contributed by atoms with Gasteiger partial charge in [-0.2, -0.15) is 0 Å². The minimum absolute atomic E-state index is 0.242. The van der Waals surface area contributed by atoms with Gasteiger partial charge in [0.25, 0.3) is 0 Å². The highest BCUT2D eigenvalue weighted by atomic mass is 16.8. The van der Waals surface area contributed by atoms with E-state index in [0.29, 0.717) is 0 Å². The predicted molar refractivity (Wildman–Crippen MR) is 440 cm³/mol. The van der Waals surface area contributed by atoms with Crippen LogP contribution >= 0.6 is 0 Å². The summed E-state index contributed by atoms with van der Waals surface area (Å²) in [6.45, 7) is -0.411. The first-order chi connectivity index (χ1) is 65.7. The summed E-state index contributed by atoms with van der Waals surface area (Å²) in [6, 6.07) is -5.10. The average Bonchev–Trinajstić information content (AvgIpc) is 0.772. The Labute approximate surface area is 794 Å². The van der Waals surface area contributed by atoms with Crippen LogP contribution < -0.4 is 16.0 Å². The van der Waals surface area contributed by atoms with Crippen molar-refractivity contribution in [3.63, 3.8) is 0 Å². The highest BCUT2D eigenvalue weighted by Crippen LogP contribution is 2.43. The van der Waals surface area contributed by atoms with E-state index in [-0.39, 0.29) is 12.8 Å². The van der Waals surface area contributed by atoms with Gasteiger partial charge in [-0.25, -0.2) is 0 Å². The molecule has 26 unspecified atom stereocenters. The van der Waals surface area contributed by atoms with Crippen molar-refractivity contribution in [1.82, 2.24) is 16.0 Å². The third-order valence-electron chi connectivity index (χ3n) is 27.1. The Morgan fingerprint density at radius 2 is 0.583 bits per heavy atom. The molecule has 11 heterocycles. The second-order valence-electron chi connectivity index (χ2n) is 37.3. The molecule has 57 atom stereocenters. The maximum Gasteiger partial charge on any atom is 0.217 e. The van der Waals surface area contributed by atoms with E-state index in [4.69, 9.17) is 99.5 Å². The first-order valence-corrected chi connectivity index (χ1v) is 46.0. The van der Waals surface area contributed by atoms with Crippen molar-refractivity contribution in [3.8, 4) is 0 Å². The Hall–Kier alpha value is -3.63. The van der Waals surface area contributed by atoms with Gasteiger partial charge in [-0.3, -0.25) is 14.4 Å². The van der Waals surface area contributed by atoms with Crippen molar-refractivity contribution in [3.05, 3.63) is 0 Å². The van der Waals surface area contributed by atoms with Crippen molar-refractivity contribution >= 4 is 17.7 Å². The van der Waals surface area contributed by atoms with Crippen LogP contribution in [0.15, 0.2) is 0 Å². The average molecular weight is 2030 g/mol. The SMILES string of the molecule is CC(=O)NC1[C@H](O[C@@H]2C(CO)O[C@@H](C(C)C)C(NC(C)=O)[C@H]2O)OC(CO)[C@@H](O[C@@H]2OC(CO[C@H]3OC(CO)[C@@H](O)[C@H](O)C3O[C@@H]3OC(CO)[C@H](O[C@@H]4OC(CO[C@@H]5CC(O)[C@@H](C)C(C(O)C(O)CO)O5)[C@H](O)[C@H](O)C4O)[C@H](O)C3NC(C)=O)[C@@H](O)[C@H](O[C@H]3OC(CO)[C@@H](O)[C@H](O)C3O[C@@H]3OC(CO)[C@@H](O[C@@H]4OC(CO[C@@H]5CC(O)[C@@H](C)C(C(O)C(O)CO)O5)[C@H](O)[C@H](O)C4O)[C@H](O)C3C)C2O)[C@@H]1O. The number of carbonyl (C=O) groups excluding carboxylic acids is 3. The fourth-order valence-electron chi connectivity index (χ4n) is 18.9. The van der Waals surface area contributed by atoms with Gasteiger partial charge >= 0.3 is 0 Å². The van der Waals surface area contributed by atoms with Crippen molar-refractivity contribution in [2.75, 3.05) is 72.7 Å². The number of aliphatic hydroxyl groups is 30. The van der Waals surface area contributed by atoms with Crippen LogP contribution in [0.2, 0.25) is 0 Å². The minimum Gasteiger partial charge on any atom is -0.394 e. The molecular weight excluding hydrogens is 1890 g/mol. The molecule has 139 heavy (non-hydrogen) atoms. The van der Waals surface area contributed by atoms with E-state index in [1.165, 1.54) is 20.8 Å². The molecule has 808 valence electrons. The fourth-order valence-corrected chi connectivity index (χ4v) is 18.9. The second kappa shape index (κ2) is 51.1. The molecule has 3 amide bonds. The summed E-state index contributed by atoms with van der Waals surface area (Å²) in [6.07, 6.45) is -99.2. The standard InChI is InChI=1S/C82H141N3O54/c1-22(2)65-44(83-26(6)94)55(109)69(35(15-90)122-65)133-76-45(84-27(7)95)56(110)71(38(18-93)126-76)136-80-64(118)72(137-82-74(61(115)51(105)34(14-89)124-82)138-75-25(5)47(101)68(36(16-91)125-75)134-78-62(116)58(112)52(106)39(128-78)19-119-42-9-29(97)23(3)66(131-42)48(102)31(99)11-86)54(108)41(130-80)21-121-81-73(60(114)50(104)33(13-88)123-81)139-77-46(85-28(8)96)57(111)70(37(17-92)127-77)135-79-63(117)59(113)53(107)40(129-79)20-120-43-10-30(98)24(4)67(132-43)49(103)32(100)12-87/h22-25,29-82,86-93,97-118H,9-21H2,1-8H3,(H,83,94)(H,84,95)(H,85,96)/t23-,24-,25?,29?,30?,31?,32?,33?,34?,35?,36?,37?,38?,39?,40?,41?,42+,43+,44?,45?,46?,47-,48?,49?,50-,51-,52+,53+,54-,55-,56-,57-,58+,59+,60+,61+,62?,63?,64?,65+,66?,67?,68-,69-,70+,71-,72+,73?,74?,75+,76+,77+,78+,79+,80+,81+,82-/m1/s1. The van der Waals surface area contributed by atoms with Crippen LogP contribution in [0.5, 0.6) is 0 Å². The van der Waals surface area contributed by atoms with Crippen LogP contribution in [0.25, 0.3) is 0 Å². The zero-order valence-electron chi connectivity index (χ0n) is 76.9. The number of nitrogens with one attached hydrogen (secondary N) is 3. The molecule has 0 aliphatic carbocycles. The van der Waals surface area contributed by atoms with Gasteiger partial charge in [0.1, 0.15) is 226 Å². The molecule has 57 nitrogen and oxygen atoms in total. The topological polar surface area (TPSA) is 888 Å². The van der Waals surface area contributed by atoms with Crippen molar-refractivity contribution in [2.24, 2.45) is 23.7 Å². The van der Waals surface area contributed by atoms with Crippen molar-refractivity contribution in [1.29, 1.82) is 0 Å². The summed E-state index contributed by atoms with van der Waals surface area (Å²) in [5.74, 6) is -6.06. The van der Waals surface area contributed by atoms with Gasteiger partial charge in [0, 0.05) is 51.4 Å². The first kappa shape index (κ1) is 116. The highest BCUT2D eigenvalue weighted by Gasteiger charge is 2.62. The Morgan fingerprint density at radius 3 is 0.978 bits per heavy atom. The van der Waals surface area contributed by atoms with E-state index in [9.17, 15) is 168 Å². The lowest BCUT2D eigenvalue weighted by atomic mass is 9.87. The molecule has 0 aromatic rings. The quantitative estimate of drug-likeness (QED) is 0.0272. The largest absolute Gasteiger partial charge is 0.394 e. The third-order valence-corrected chi connectivity index (χ3v) is 27.1. The summed E-state index contributed by atoms with van der Waals surface area (Å²) in [5, 5.41) is 344. The molecule has 0 aromatic heterocycles. The molecule has 0 saturated carbocycles. The van der Waals surface area contributed by atoms with Gasteiger partial charge in [0.2, 0.25) is 17.7 Å². The van der Waals surface area contributed by atoms with Crippen molar-refractivity contribution < 1.29 is 267 Å². The summed E-state index contributed by atoms with van der Waals surface area (Å²) in [4.78, 5) is 39.0. The normalized spacial score (nSPS) is 48.4. The number of amides is 3. The molecule has 11 aliphatic rings. The first-order valence-electron chi connectivity index (χ1n) is 46.0. The Bertz CT molecular complexity index is 3730. The molecule has 0 spiro atoms. The zero-order chi connectivity index (χ0) is 102. The predicted octanol–water partition coefficient (Wildman–Crippen LogP) is -19.5. The molecule has 11 aliphatic heterocycles. The maximum absolute atomic E-state index is 13.2. The zero-order valence-corrected chi connectivity index (χ0v) is 76.9. The lowest BCUT2D eigenvalue weighted by Gasteiger charge is -2.51. The number of hydrogen-bond acceptors (Lipinski definition) is 54. The van der Waals surface area contributed by atoms with Gasteiger partial charge in [0.05, 0.1) is 115 Å². The van der Waals surface area contributed by atoms with E-state index in [2.05, 4.69) is 16.0 Å². The Kier molecular flexibility index (Phi) is 42.5. The molecule has 11 saturated heterocycles. The van der Waals surface area contributed by atoms with Crippen molar-refractivity contribution in [2.45, 2.75) is 400 Å². The third kappa shape index (κ3) is 26.3. The second-order valence-corrected chi connectivity index (χ2v) is 37.3. The molecule has 33 N–H and O–H groups in total. The van der Waals surface area contributed by atoms with Gasteiger partial charge in [0.15, 0.2) is 62.9 Å². The molecule has 57 heteroatoms. The van der Waals surface area contributed by atoms with Crippen LogP contribution in [-0.4, -0.2) is 575 Å². The summed E-state index contributed by atoms with van der Waals surface area (Å²) < 4.78 is 127. The van der Waals surface area contributed by atoms with Crippen LogP contribution in [0.1, 0.15) is 68.2 Å². The van der Waals surface area contributed by atoms with Gasteiger partial charge in [-0.05, 0) is 5.92 Å². The van der Waals surface area contributed by atoms with Crippen LogP contribution in [0.3, 0.4) is 0 Å². The van der Waals surface area contributed by atoms with Crippen LogP contribution in [-0.2, 0) is 114 Å². The van der Waals surface area contributed by atoms with Crippen LogP contribution in [0, 0.1) is 23.7 Å². The number of carbonyl (C=O) groups is 3. The van der Waals surface area contributed by atoms with E-state index in [1.54, 1.807) is 13.8 Å². The molecule has 0 bridgehead atoms. The Balaban J connectivity index is 0.864. The summed E-state index contributed by atoms with van der Waals surface area (Å²) in [5.41, 5.74) is 0. The van der Waals surface area contributed by atoms with E-state index in [0.717, 1.165) is 20.8 Å². The number of aliphatic hydroxyl groups excluding tert-OH is 30. The summed E-state index contributed by atoms with van der Waals surface area (Å²) >= 11 is 0. The molecule has 11 fully saturated rings.